The van der Waals surface area contributed by atoms with Gasteiger partial charge in [-0.05, 0) is 24.6 Å². The maximum atomic E-state index is 13.0. The smallest absolute Gasteiger partial charge is 0.200 e. The highest BCUT2D eigenvalue weighted by Gasteiger charge is 2.34. The second-order valence-electron chi connectivity index (χ2n) is 7.22. The Morgan fingerprint density at radius 3 is 2.14 bits per heavy atom. The van der Waals surface area contributed by atoms with Crippen molar-refractivity contribution in [2.45, 2.75) is 44.2 Å². The molecule has 29 heavy (non-hydrogen) atoms. The van der Waals surface area contributed by atoms with E-state index in [0.717, 1.165) is 0 Å². The van der Waals surface area contributed by atoms with Crippen molar-refractivity contribution in [3.63, 3.8) is 0 Å². The van der Waals surface area contributed by atoms with Crippen LogP contribution in [0, 0.1) is 0 Å². The van der Waals surface area contributed by atoms with Crippen LogP contribution in [0.1, 0.15) is 25.3 Å². The molecular formula is C22H24O7. The molecule has 0 radical (unpaired) electrons. The number of fused-ring (bicyclic) bond motifs is 1. The molecule has 0 saturated carbocycles. The number of hydrogen-bond acceptors (Lipinski definition) is 7. The minimum atomic E-state index is -1.67. The summed E-state index contributed by atoms with van der Waals surface area (Å²) in [4.78, 5) is 13.0. The average Bonchev–Trinajstić information content (AvgIpc) is 2.72. The molecule has 1 heterocycles. The number of phenols is 1. The molecule has 7 heteroatoms. The zero-order valence-corrected chi connectivity index (χ0v) is 16.1. The van der Waals surface area contributed by atoms with E-state index < -0.39 is 30.3 Å². The van der Waals surface area contributed by atoms with Crippen LogP contribution in [-0.2, 0) is 0 Å². The van der Waals surface area contributed by atoms with Gasteiger partial charge in [-0.15, -0.1) is 0 Å². The van der Waals surface area contributed by atoms with Crippen molar-refractivity contribution in [1.29, 1.82) is 0 Å². The van der Waals surface area contributed by atoms with E-state index in [-0.39, 0.29) is 27.7 Å². The molecule has 3 aromatic rings. The number of aliphatic hydroxyl groups excluding tert-OH is 4. The molecule has 0 spiro atoms. The fourth-order valence-corrected chi connectivity index (χ4v) is 3.42. The lowest BCUT2D eigenvalue weighted by Crippen LogP contribution is -2.45. The van der Waals surface area contributed by atoms with Crippen molar-refractivity contribution in [3.8, 4) is 16.9 Å². The summed E-state index contributed by atoms with van der Waals surface area (Å²) in [6.07, 6.45) is -4.76. The summed E-state index contributed by atoms with van der Waals surface area (Å²) in [7, 11) is 0. The molecule has 3 rings (SSSR count). The van der Waals surface area contributed by atoms with Crippen LogP contribution in [0.25, 0.3) is 22.1 Å². The van der Waals surface area contributed by atoms with Crippen molar-refractivity contribution in [3.05, 3.63) is 64.5 Å². The molecule has 2 aromatic carbocycles. The predicted molar refractivity (Wildman–Crippen MR) is 108 cm³/mol. The molecule has 0 saturated heterocycles. The molecule has 5 atom stereocenters. The standard InChI is InChI=1S/C22H24O7/c1-11(18(25)21(28)19(26)12(2)23)17-16(24)9-8-14-20(27)15(10-29-22(14)17)13-6-4-3-5-7-13/h3-12,18-19,21,23-26,28H,1-2H3. The Balaban J connectivity index is 2.10. The minimum absolute atomic E-state index is 0.0833. The van der Waals surface area contributed by atoms with Crippen molar-refractivity contribution >= 4 is 11.0 Å². The van der Waals surface area contributed by atoms with Gasteiger partial charge in [0.25, 0.3) is 0 Å². The van der Waals surface area contributed by atoms with Gasteiger partial charge in [-0.1, -0.05) is 37.3 Å². The number of rotatable bonds is 6. The van der Waals surface area contributed by atoms with Crippen LogP contribution in [-0.4, -0.2) is 49.9 Å². The first-order valence-electron chi connectivity index (χ1n) is 9.29. The summed E-state index contributed by atoms with van der Waals surface area (Å²) < 4.78 is 5.68. The largest absolute Gasteiger partial charge is 0.508 e. The molecule has 0 aliphatic rings. The third-order valence-corrected chi connectivity index (χ3v) is 5.20. The second-order valence-corrected chi connectivity index (χ2v) is 7.22. The Kier molecular flexibility index (Phi) is 6.04. The summed E-state index contributed by atoms with van der Waals surface area (Å²) in [5.41, 5.74) is 0.947. The lowest BCUT2D eigenvalue weighted by atomic mass is 9.87. The monoisotopic (exact) mass is 400 g/mol. The van der Waals surface area contributed by atoms with Gasteiger partial charge in [-0.3, -0.25) is 4.79 Å². The van der Waals surface area contributed by atoms with E-state index in [4.69, 9.17) is 4.42 Å². The van der Waals surface area contributed by atoms with Crippen LogP contribution in [0.3, 0.4) is 0 Å². The van der Waals surface area contributed by atoms with Crippen LogP contribution in [0.2, 0.25) is 0 Å². The molecular weight excluding hydrogens is 376 g/mol. The molecule has 1 aromatic heterocycles. The van der Waals surface area contributed by atoms with Crippen LogP contribution in [0.15, 0.2) is 57.9 Å². The Bertz CT molecular complexity index is 1040. The van der Waals surface area contributed by atoms with Gasteiger partial charge in [0.2, 0.25) is 5.43 Å². The van der Waals surface area contributed by atoms with Crippen LogP contribution in [0.5, 0.6) is 5.75 Å². The van der Waals surface area contributed by atoms with E-state index in [1.807, 2.05) is 6.07 Å². The topological polar surface area (TPSA) is 131 Å². The fourth-order valence-electron chi connectivity index (χ4n) is 3.42. The highest BCUT2D eigenvalue weighted by Crippen LogP contribution is 2.36. The molecule has 5 unspecified atom stereocenters. The molecule has 0 bridgehead atoms. The Labute approximate surface area is 167 Å². The number of benzene rings is 2. The number of aromatic hydroxyl groups is 1. The lowest BCUT2D eigenvalue weighted by Gasteiger charge is -2.29. The molecule has 0 amide bonds. The molecule has 5 N–H and O–H groups in total. The fraction of sp³-hybridized carbons (Fsp3) is 0.318. The Morgan fingerprint density at radius 1 is 0.862 bits per heavy atom. The number of aliphatic hydroxyl groups is 4. The van der Waals surface area contributed by atoms with Crippen molar-refractivity contribution in [2.75, 3.05) is 0 Å². The first-order valence-corrected chi connectivity index (χ1v) is 9.29. The third-order valence-electron chi connectivity index (χ3n) is 5.20. The zero-order chi connectivity index (χ0) is 21.3. The van der Waals surface area contributed by atoms with Gasteiger partial charge in [0.1, 0.15) is 29.8 Å². The van der Waals surface area contributed by atoms with Gasteiger partial charge in [0.15, 0.2) is 0 Å². The predicted octanol–water partition coefficient (Wildman–Crippen LogP) is 1.73. The van der Waals surface area contributed by atoms with E-state index in [2.05, 4.69) is 0 Å². The van der Waals surface area contributed by atoms with Crippen molar-refractivity contribution < 1.29 is 29.9 Å². The number of hydrogen-bond donors (Lipinski definition) is 5. The lowest BCUT2D eigenvalue weighted by molar-refractivity contribution is -0.105. The quantitative estimate of drug-likeness (QED) is 0.426. The van der Waals surface area contributed by atoms with Crippen LogP contribution in [0.4, 0.5) is 0 Å². The third kappa shape index (κ3) is 3.90. The van der Waals surface area contributed by atoms with Crippen LogP contribution < -0.4 is 5.43 Å². The Hall–Kier alpha value is -2.71. The van der Waals surface area contributed by atoms with E-state index in [1.165, 1.54) is 32.2 Å². The number of phenolic OH excluding ortho intramolecular Hbond substituents is 1. The molecule has 0 aliphatic heterocycles. The summed E-state index contributed by atoms with van der Waals surface area (Å²) >= 11 is 0. The molecule has 7 nitrogen and oxygen atoms in total. The SMILES string of the molecule is CC(O)C(O)C(O)C(O)C(C)c1c(O)ccc2c(=O)c(-c3ccccc3)coc12. The average molecular weight is 400 g/mol. The zero-order valence-electron chi connectivity index (χ0n) is 16.1. The summed E-state index contributed by atoms with van der Waals surface area (Å²) in [5, 5.41) is 50.6. The van der Waals surface area contributed by atoms with Gasteiger partial charge < -0.3 is 29.9 Å². The molecule has 0 fully saturated rings. The van der Waals surface area contributed by atoms with Gasteiger partial charge >= 0.3 is 0 Å². The maximum Gasteiger partial charge on any atom is 0.200 e. The summed E-state index contributed by atoms with van der Waals surface area (Å²) in [5.74, 6) is -1.13. The highest BCUT2D eigenvalue weighted by atomic mass is 16.4. The van der Waals surface area contributed by atoms with Crippen molar-refractivity contribution in [2.24, 2.45) is 0 Å². The van der Waals surface area contributed by atoms with Gasteiger partial charge in [-0.25, -0.2) is 0 Å². The first kappa shape index (κ1) is 21.0. The Morgan fingerprint density at radius 2 is 1.52 bits per heavy atom. The van der Waals surface area contributed by atoms with E-state index in [9.17, 15) is 30.3 Å². The highest BCUT2D eigenvalue weighted by molar-refractivity contribution is 5.86. The van der Waals surface area contributed by atoms with Gasteiger partial charge in [0, 0.05) is 11.5 Å². The van der Waals surface area contributed by atoms with Gasteiger partial charge in [-0.2, -0.15) is 0 Å². The first-order chi connectivity index (χ1) is 13.7. The van der Waals surface area contributed by atoms with Crippen molar-refractivity contribution in [1.82, 2.24) is 0 Å². The normalized spacial score (nSPS) is 16.9. The van der Waals surface area contributed by atoms with E-state index in [1.54, 1.807) is 24.3 Å². The minimum Gasteiger partial charge on any atom is -0.508 e. The van der Waals surface area contributed by atoms with E-state index >= 15 is 0 Å². The summed E-state index contributed by atoms with van der Waals surface area (Å²) in [6, 6.07) is 11.7. The van der Waals surface area contributed by atoms with Crippen LogP contribution >= 0.6 is 0 Å². The molecule has 154 valence electrons. The second kappa shape index (κ2) is 8.34. The van der Waals surface area contributed by atoms with E-state index in [0.29, 0.717) is 11.1 Å². The van der Waals surface area contributed by atoms with Gasteiger partial charge in [0.05, 0.1) is 23.2 Å². The maximum absolute atomic E-state index is 13.0. The molecule has 0 aliphatic carbocycles. The summed E-state index contributed by atoms with van der Waals surface area (Å²) in [6.45, 7) is 2.80.